The number of hydrogen-bond acceptors (Lipinski definition) is 5. The number of esters is 1. The number of carbonyl (C=O) groups excluding carboxylic acids is 2. The van der Waals surface area contributed by atoms with E-state index in [1.54, 1.807) is 14.0 Å². The first kappa shape index (κ1) is 19.9. The van der Waals surface area contributed by atoms with Crippen LogP contribution in [0, 0.1) is 12.8 Å². The zero-order valence-corrected chi connectivity index (χ0v) is 17.4. The van der Waals surface area contributed by atoms with Gasteiger partial charge in [-0.2, -0.15) is 0 Å². The number of fused-ring (bicyclic) bond motifs is 1. The van der Waals surface area contributed by atoms with Gasteiger partial charge in [-0.25, -0.2) is 0 Å². The Hall–Kier alpha value is -1.40. The predicted molar refractivity (Wildman–Crippen MR) is 105 cm³/mol. The van der Waals surface area contributed by atoms with Crippen LogP contribution in [0.2, 0.25) is 0 Å². The van der Waals surface area contributed by atoms with Crippen molar-refractivity contribution in [2.75, 3.05) is 19.5 Å². The van der Waals surface area contributed by atoms with Gasteiger partial charge in [-0.15, -0.1) is 11.3 Å². The fraction of sp³-hybridized carbons (Fsp3) is 0.474. The number of rotatable bonds is 8. The number of ketones is 1. The smallest absolute Gasteiger partial charge is 0.308 e. The maximum Gasteiger partial charge on any atom is 0.308 e. The van der Waals surface area contributed by atoms with Gasteiger partial charge in [0.2, 0.25) is 0 Å². The predicted octanol–water partition coefficient (Wildman–Crippen LogP) is 4.93. The lowest BCUT2D eigenvalue weighted by atomic mass is 9.99. The molecule has 6 heteroatoms. The Morgan fingerprint density at radius 1 is 1.28 bits per heavy atom. The van der Waals surface area contributed by atoms with Gasteiger partial charge in [-0.1, -0.05) is 22.9 Å². The summed E-state index contributed by atoms with van der Waals surface area (Å²) in [5.74, 6) is 0.0476. The molecule has 1 unspecified atom stereocenters. The van der Waals surface area contributed by atoms with E-state index in [0.29, 0.717) is 4.88 Å². The Morgan fingerprint density at radius 3 is 2.60 bits per heavy atom. The molecule has 1 atom stereocenters. The van der Waals surface area contributed by atoms with Crippen LogP contribution in [0.1, 0.15) is 40.6 Å². The van der Waals surface area contributed by atoms with Gasteiger partial charge in [-0.05, 0) is 48.4 Å². The van der Waals surface area contributed by atoms with E-state index in [1.807, 2.05) is 12.1 Å². The van der Waals surface area contributed by atoms with Gasteiger partial charge in [0.1, 0.15) is 5.75 Å². The number of Topliss-reactive ketones (excluding diaryl/α,β-unsaturated/α-hetero) is 1. The third-order valence-corrected chi connectivity index (χ3v) is 6.01. The fourth-order valence-corrected chi connectivity index (χ4v) is 4.28. The Bertz CT molecular complexity index is 781. The topological polar surface area (TPSA) is 52.6 Å². The summed E-state index contributed by atoms with van der Waals surface area (Å²) in [5.41, 5.74) is 2.35. The van der Waals surface area contributed by atoms with Gasteiger partial charge < -0.3 is 9.47 Å². The molecule has 1 aromatic heterocycles. The van der Waals surface area contributed by atoms with Crippen molar-refractivity contribution >= 4 is 49.1 Å². The minimum Gasteiger partial charge on any atom is -0.496 e. The van der Waals surface area contributed by atoms with E-state index in [1.165, 1.54) is 24.0 Å². The number of aryl methyl sites for hydroxylation is 1. The summed E-state index contributed by atoms with van der Waals surface area (Å²) in [7, 11) is 3.02. The van der Waals surface area contributed by atoms with Crippen LogP contribution in [-0.4, -0.2) is 31.3 Å². The van der Waals surface area contributed by atoms with Crippen LogP contribution in [-0.2, 0) is 16.0 Å². The highest BCUT2D eigenvalue weighted by Gasteiger charge is 2.21. The first-order chi connectivity index (χ1) is 11.9. The quantitative estimate of drug-likeness (QED) is 0.341. The number of benzene rings is 1. The fourth-order valence-electron chi connectivity index (χ4n) is 2.90. The average Bonchev–Trinajstić information content (AvgIpc) is 3.04. The standard InChI is InChI=1S/C19H23BrO4S/c1-11(19(22)24-4)8-15(21)18-9-14-12(2)13(6-5-7-20)16(23-3)10-17(14)25-18/h9-11H,5-8H2,1-4H3. The number of carbonyl (C=O) groups is 2. The number of alkyl halides is 1. The second-order valence-electron chi connectivity index (χ2n) is 6.05. The highest BCUT2D eigenvalue weighted by molar-refractivity contribution is 9.09. The van der Waals surface area contributed by atoms with Crippen LogP contribution in [0.3, 0.4) is 0 Å². The summed E-state index contributed by atoms with van der Waals surface area (Å²) in [6.07, 6.45) is 2.11. The molecular formula is C19H23BrO4S. The third-order valence-electron chi connectivity index (χ3n) is 4.33. The molecule has 1 aromatic carbocycles. The lowest BCUT2D eigenvalue weighted by Gasteiger charge is -2.12. The zero-order valence-electron chi connectivity index (χ0n) is 15.0. The van der Waals surface area contributed by atoms with Crippen molar-refractivity contribution in [1.82, 2.24) is 0 Å². The minimum atomic E-state index is -0.437. The summed E-state index contributed by atoms with van der Waals surface area (Å²) in [4.78, 5) is 24.7. The molecule has 0 bridgehead atoms. The number of hydrogen-bond donors (Lipinski definition) is 0. The van der Waals surface area contributed by atoms with Gasteiger partial charge in [0.25, 0.3) is 0 Å². The molecule has 0 fully saturated rings. The van der Waals surface area contributed by atoms with Crippen LogP contribution in [0.15, 0.2) is 12.1 Å². The molecule has 0 radical (unpaired) electrons. The SMILES string of the molecule is COC(=O)C(C)CC(=O)c1cc2c(C)c(CCCBr)c(OC)cc2s1. The number of ether oxygens (including phenoxy) is 2. The van der Waals surface area contributed by atoms with E-state index in [0.717, 1.165) is 39.6 Å². The molecule has 0 aliphatic heterocycles. The van der Waals surface area contributed by atoms with Crippen molar-refractivity contribution in [3.05, 3.63) is 28.1 Å². The molecule has 25 heavy (non-hydrogen) atoms. The molecule has 136 valence electrons. The van der Waals surface area contributed by atoms with Gasteiger partial charge in [0, 0.05) is 16.5 Å². The van der Waals surface area contributed by atoms with Crippen LogP contribution in [0.25, 0.3) is 10.1 Å². The highest BCUT2D eigenvalue weighted by atomic mass is 79.9. The molecule has 4 nitrogen and oxygen atoms in total. The Labute approximate surface area is 160 Å². The van der Waals surface area contributed by atoms with Crippen molar-refractivity contribution in [2.45, 2.75) is 33.1 Å². The maximum absolute atomic E-state index is 12.5. The molecule has 0 spiro atoms. The molecule has 0 aliphatic rings. The van der Waals surface area contributed by atoms with Gasteiger partial charge in [0.05, 0.1) is 25.0 Å². The van der Waals surface area contributed by atoms with Gasteiger partial charge >= 0.3 is 5.97 Å². The summed E-state index contributed by atoms with van der Waals surface area (Å²) >= 11 is 4.92. The van der Waals surface area contributed by atoms with Crippen LogP contribution in [0.5, 0.6) is 5.75 Å². The molecule has 0 saturated heterocycles. The second-order valence-corrected chi connectivity index (χ2v) is 7.93. The molecule has 2 aromatic rings. The van der Waals surface area contributed by atoms with Crippen LogP contribution >= 0.6 is 27.3 Å². The molecule has 0 N–H and O–H groups in total. The Balaban J connectivity index is 2.37. The summed E-state index contributed by atoms with van der Waals surface area (Å²) in [6.45, 7) is 3.79. The first-order valence-corrected chi connectivity index (χ1v) is 10.1. The Morgan fingerprint density at radius 2 is 2.00 bits per heavy atom. The van der Waals surface area contributed by atoms with Crippen molar-refractivity contribution in [2.24, 2.45) is 5.92 Å². The van der Waals surface area contributed by atoms with Gasteiger partial charge in [0.15, 0.2) is 5.78 Å². The highest BCUT2D eigenvalue weighted by Crippen LogP contribution is 2.37. The van der Waals surface area contributed by atoms with Gasteiger partial charge in [-0.3, -0.25) is 9.59 Å². The average molecular weight is 427 g/mol. The molecule has 2 rings (SSSR count). The largest absolute Gasteiger partial charge is 0.496 e. The zero-order chi connectivity index (χ0) is 18.6. The third kappa shape index (κ3) is 4.42. The van der Waals surface area contributed by atoms with Crippen molar-refractivity contribution < 1.29 is 19.1 Å². The number of thiophene rings is 1. The number of halogens is 1. The molecule has 0 amide bonds. The van der Waals surface area contributed by atoms with Crippen LogP contribution < -0.4 is 4.74 Å². The molecular weight excluding hydrogens is 404 g/mol. The number of methoxy groups -OCH3 is 2. The van der Waals surface area contributed by atoms with E-state index in [4.69, 9.17) is 9.47 Å². The summed E-state index contributed by atoms with van der Waals surface area (Å²) in [6, 6.07) is 3.95. The maximum atomic E-state index is 12.5. The van der Waals surface area contributed by atoms with Crippen molar-refractivity contribution in [3.8, 4) is 5.75 Å². The minimum absolute atomic E-state index is 0.0283. The van der Waals surface area contributed by atoms with E-state index in [9.17, 15) is 9.59 Å². The lowest BCUT2D eigenvalue weighted by molar-refractivity contribution is -0.144. The first-order valence-electron chi connectivity index (χ1n) is 8.19. The Kier molecular flexibility index (Phi) is 7.02. The lowest BCUT2D eigenvalue weighted by Crippen LogP contribution is -2.16. The monoisotopic (exact) mass is 426 g/mol. The summed E-state index contributed by atoms with van der Waals surface area (Å²) in [5, 5.41) is 2.02. The molecule has 1 heterocycles. The van der Waals surface area contributed by atoms with E-state index in [-0.39, 0.29) is 18.2 Å². The molecule has 0 aliphatic carbocycles. The second kappa shape index (κ2) is 8.81. The van der Waals surface area contributed by atoms with E-state index in [2.05, 4.69) is 22.9 Å². The van der Waals surface area contributed by atoms with E-state index < -0.39 is 5.92 Å². The van der Waals surface area contributed by atoms with Crippen molar-refractivity contribution in [3.63, 3.8) is 0 Å². The summed E-state index contributed by atoms with van der Waals surface area (Å²) < 4.78 is 11.3. The van der Waals surface area contributed by atoms with E-state index >= 15 is 0 Å². The molecule has 0 saturated carbocycles. The van der Waals surface area contributed by atoms with Crippen molar-refractivity contribution in [1.29, 1.82) is 0 Å². The normalized spacial score (nSPS) is 12.2. The van der Waals surface area contributed by atoms with Crippen LogP contribution in [0.4, 0.5) is 0 Å².